The van der Waals surface area contributed by atoms with Gasteiger partial charge in [0.15, 0.2) is 5.82 Å². The summed E-state index contributed by atoms with van der Waals surface area (Å²) in [5.74, 6) is 0.420. The van der Waals surface area contributed by atoms with Crippen molar-refractivity contribution in [2.45, 2.75) is 0 Å². The molecule has 0 aliphatic heterocycles. The molecule has 2 N–H and O–H groups in total. The van der Waals surface area contributed by atoms with Crippen LogP contribution in [0.3, 0.4) is 0 Å². The lowest BCUT2D eigenvalue weighted by molar-refractivity contribution is 0.262. The molecule has 0 radical (unpaired) electrons. The summed E-state index contributed by atoms with van der Waals surface area (Å²) in [5, 5.41) is 9.63. The third-order valence-corrected chi connectivity index (χ3v) is 4.19. The van der Waals surface area contributed by atoms with Gasteiger partial charge in [-0.15, -0.1) is 11.3 Å². The van der Waals surface area contributed by atoms with Crippen molar-refractivity contribution in [2.75, 3.05) is 10.6 Å². The third-order valence-electron chi connectivity index (χ3n) is 3.16. The minimum absolute atomic E-state index is 0.328. The van der Waals surface area contributed by atoms with Gasteiger partial charge in [-0.1, -0.05) is 11.6 Å². The fourth-order valence-electron chi connectivity index (χ4n) is 2.10. The maximum Gasteiger partial charge on any atom is 0.323 e. The van der Waals surface area contributed by atoms with Crippen LogP contribution in [0.2, 0.25) is 5.02 Å². The fourth-order valence-corrected chi connectivity index (χ4v) is 2.97. The van der Waals surface area contributed by atoms with E-state index in [2.05, 4.69) is 35.7 Å². The minimum atomic E-state index is -0.442. The van der Waals surface area contributed by atoms with E-state index in [1.807, 2.05) is 0 Å². The lowest BCUT2D eigenvalue weighted by Gasteiger charge is -2.09. The summed E-state index contributed by atoms with van der Waals surface area (Å²) in [6, 6.07) is 2.88. The van der Waals surface area contributed by atoms with Gasteiger partial charge in [-0.05, 0) is 12.1 Å². The number of anilines is 2. The highest BCUT2D eigenvalue weighted by atomic mass is 35.5. The first-order chi connectivity index (χ1) is 12.2. The van der Waals surface area contributed by atoms with Gasteiger partial charge in [0.25, 0.3) is 0 Å². The molecule has 4 aromatic rings. The predicted octanol–water partition coefficient (Wildman–Crippen LogP) is 2.96. The summed E-state index contributed by atoms with van der Waals surface area (Å²) in [5.41, 5.74) is 3.40. The van der Waals surface area contributed by atoms with E-state index in [1.165, 1.54) is 34.9 Å². The Kier molecular flexibility index (Phi) is 3.96. The van der Waals surface area contributed by atoms with Crippen molar-refractivity contribution in [1.82, 2.24) is 29.7 Å². The number of carbonyl (C=O) groups excluding carboxylic acids is 1. The summed E-state index contributed by atoms with van der Waals surface area (Å²) in [6.45, 7) is 0. The van der Waals surface area contributed by atoms with E-state index in [0.29, 0.717) is 22.2 Å². The zero-order valence-corrected chi connectivity index (χ0v) is 14.0. The van der Waals surface area contributed by atoms with E-state index < -0.39 is 6.03 Å². The first-order valence-corrected chi connectivity index (χ1v) is 8.22. The number of nitrogens with zero attached hydrogens (tertiary/aromatic N) is 6. The smallest absolute Gasteiger partial charge is 0.306 e. The molecule has 0 spiro atoms. The summed E-state index contributed by atoms with van der Waals surface area (Å²) in [6.07, 6.45) is 5.91. The van der Waals surface area contributed by atoms with Gasteiger partial charge < -0.3 is 10.6 Å². The topological polar surface area (TPSA) is 111 Å². The van der Waals surface area contributed by atoms with Crippen molar-refractivity contribution < 1.29 is 4.79 Å². The van der Waals surface area contributed by atoms with Gasteiger partial charge in [-0.25, -0.2) is 29.4 Å². The Morgan fingerprint density at radius 1 is 1.12 bits per heavy atom. The van der Waals surface area contributed by atoms with Crippen molar-refractivity contribution in [1.29, 1.82) is 0 Å². The highest BCUT2D eigenvalue weighted by Crippen LogP contribution is 2.22. The molecule has 0 bridgehead atoms. The number of hydrogen-bond acceptors (Lipinski definition) is 7. The van der Waals surface area contributed by atoms with Crippen LogP contribution in [-0.2, 0) is 0 Å². The lowest BCUT2D eigenvalue weighted by atomic mass is 10.4. The fraction of sp³-hybridized carbons (Fsp3) is 0. The van der Waals surface area contributed by atoms with E-state index in [1.54, 1.807) is 23.8 Å². The van der Waals surface area contributed by atoms with Crippen molar-refractivity contribution in [2.24, 2.45) is 0 Å². The molecule has 124 valence electrons. The van der Waals surface area contributed by atoms with Gasteiger partial charge in [0.1, 0.15) is 23.0 Å². The number of thiazole rings is 1. The van der Waals surface area contributed by atoms with Gasteiger partial charge in [0.05, 0.1) is 34.3 Å². The van der Waals surface area contributed by atoms with Crippen molar-refractivity contribution in [3.63, 3.8) is 0 Å². The van der Waals surface area contributed by atoms with Crippen LogP contribution >= 0.6 is 22.9 Å². The number of fused-ring (bicyclic) bond motifs is 1. The quantitative estimate of drug-likeness (QED) is 0.572. The van der Waals surface area contributed by atoms with Crippen LogP contribution in [-0.4, -0.2) is 35.7 Å². The number of amides is 2. The molecule has 0 aliphatic carbocycles. The predicted molar refractivity (Wildman–Crippen MR) is 94.2 cm³/mol. The summed E-state index contributed by atoms with van der Waals surface area (Å²) in [4.78, 5) is 29.3. The number of aromatic nitrogens is 6. The first kappa shape index (κ1) is 15.4. The average molecular weight is 373 g/mol. The molecule has 0 fully saturated rings. The van der Waals surface area contributed by atoms with Crippen molar-refractivity contribution in [3.05, 3.63) is 47.7 Å². The molecular weight excluding hydrogens is 364 g/mol. The molecule has 25 heavy (non-hydrogen) atoms. The van der Waals surface area contributed by atoms with E-state index in [-0.39, 0.29) is 0 Å². The molecule has 4 rings (SSSR count). The normalized spacial score (nSPS) is 10.8. The number of carbonyl (C=O) groups is 1. The van der Waals surface area contributed by atoms with E-state index >= 15 is 0 Å². The second kappa shape index (κ2) is 6.42. The molecule has 4 heterocycles. The van der Waals surface area contributed by atoms with Gasteiger partial charge in [-0.3, -0.25) is 0 Å². The molecule has 0 unspecified atom stereocenters. The number of pyridine rings is 2. The number of hydrogen-bond donors (Lipinski definition) is 2. The number of rotatable bonds is 3. The first-order valence-electron chi connectivity index (χ1n) is 6.97. The summed E-state index contributed by atoms with van der Waals surface area (Å²) < 4.78 is 1.43. The van der Waals surface area contributed by atoms with Crippen LogP contribution < -0.4 is 10.6 Å². The average Bonchev–Trinajstić information content (AvgIpc) is 3.25. The molecule has 0 atom stereocenters. The Morgan fingerprint density at radius 2 is 1.92 bits per heavy atom. The van der Waals surface area contributed by atoms with E-state index in [0.717, 1.165) is 10.3 Å². The number of urea groups is 1. The zero-order chi connectivity index (χ0) is 17.2. The third kappa shape index (κ3) is 3.25. The maximum absolute atomic E-state index is 12.1. The van der Waals surface area contributed by atoms with Crippen LogP contribution in [0.25, 0.3) is 16.2 Å². The highest BCUT2D eigenvalue weighted by Gasteiger charge is 2.09. The van der Waals surface area contributed by atoms with Gasteiger partial charge >= 0.3 is 6.03 Å². The Balaban J connectivity index is 1.47. The van der Waals surface area contributed by atoms with Crippen LogP contribution in [0.15, 0.2) is 42.7 Å². The number of nitrogens with one attached hydrogen (secondary N) is 2. The molecule has 9 nitrogen and oxygen atoms in total. The van der Waals surface area contributed by atoms with Gasteiger partial charge in [-0.2, -0.15) is 5.10 Å². The Labute approximate surface area is 149 Å². The summed E-state index contributed by atoms with van der Waals surface area (Å²) in [7, 11) is 0. The molecule has 0 aliphatic rings. The number of halogens is 1. The van der Waals surface area contributed by atoms with Crippen LogP contribution in [0.4, 0.5) is 16.2 Å². The largest absolute Gasteiger partial charge is 0.323 e. The van der Waals surface area contributed by atoms with Gasteiger partial charge in [0.2, 0.25) is 0 Å². The second-order valence-electron chi connectivity index (χ2n) is 4.85. The molecule has 2 amide bonds. The molecule has 11 heteroatoms. The summed E-state index contributed by atoms with van der Waals surface area (Å²) >= 11 is 7.61. The lowest BCUT2D eigenvalue weighted by Crippen LogP contribution is -2.19. The van der Waals surface area contributed by atoms with Crippen LogP contribution in [0, 0.1) is 0 Å². The van der Waals surface area contributed by atoms with Gasteiger partial charge in [0, 0.05) is 0 Å². The molecule has 4 aromatic heterocycles. The second-order valence-corrected chi connectivity index (χ2v) is 6.09. The maximum atomic E-state index is 12.1. The Bertz CT molecular complexity index is 1050. The monoisotopic (exact) mass is 372 g/mol. The Hall–Kier alpha value is -3.11. The Morgan fingerprint density at radius 3 is 2.68 bits per heavy atom. The van der Waals surface area contributed by atoms with Crippen LogP contribution in [0.5, 0.6) is 0 Å². The van der Waals surface area contributed by atoms with Crippen molar-refractivity contribution in [3.8, 4) is 5.82 Å². The van der Waals surface area contributed by atoms with E-state index in [9.17, 15) is 4.79 Å². The molecular formula is C14H9ClN8OS. The van der Waals surface area contributed by atoms with Crippen LogP contribution in [0.1, 0.15) is 0 Å². The van der Waals surface area contributed by atoms with Crippen molar-refractivity contribution >= 4 is 50.7 Å². The SMILES string of the molecule is O=C(Nc1cnc(-n2cncn2)c(Cl)c1)Nc1cnc2scnc2c1. The highest BCUT2D eigenvalue weighted by molar-refractivity contribution is 7.16. The standard InChI is InChI=1S/C14H9ClN8OS/c15-10-1-8(3-17-12(10)23-6-16-5-20-23)21-14(24)22-9-2-11-13(18-4-9)25-7-19-11/h1-7H,(H2,21,22,24). The molecule has 0 saturated heterocycles. The zero-order valence-electron chi connectivity index (χ0n) is 12.4. The van der Waals surface area contributed by atoms with E-state index in [4.69, 9.17) is 11.6 Å². The minimum Gasteiger partial charge on any atom is -0.306 e. The molecule has 0 saturated carbocycles. The molecule has 0 aromatic carbocycles.